The Morgan fingerprint density at radius 3 is 2.79 bits per heavy atom. The number of carbonyl (C=O) groups is 1. The molecular weight excluding hydrogens is 358 g/mol. The van der Waals surface area contributed by atoms with Crippen LogP contribution in [0.1, 0.15) is 26.3 Å². The van der Waals surface area contributed by atoms with Crippen LogP contribution < -0.4 is 9.64 Å². The van der Waals surface area contributed by atoms with E-state index in [1.807, 2.05) is 45.8 Å². The molecule has 8 heteroatoms. The fourth-order valence-corrected chi connectivity index (χ4v) is 3.26. The number of fused-ring (bicyclic) bond motifs is 4. The first-order valence-electron chi connectivity index (χ1n) is 9.34. The van der Waals surface area contributed by atoms with Crippen molar-refractivity contribution in [3.05, 3.63) is 17.7 Å². The van der Waals surface area contributed by atoms with E-state index in [-0.39, 0.29) is 12.1 Å². The first-order valence-corrected chi connectivity index (χ1v) is 9.34. The molecule has 2 bridgehead atoms. The summed E-state index contributed by atoms with van der Waals surface area (Å²) in [7, 11) is 3.74. The molecule has 150 valence electrons. The van der Waals surface area contributed by atoms with Crippen molar-refractivity contribution in [3.8, 4) is 11.8 Å². The highest BCUT2D eigenvalue weighted by atomic mass is 16.6. The minimum atomic E-state index is -0.538. The van der Waals surface area contributed by atoms with Gasteiger partial charge in [0, 0.05) is 39.8 Å². The van der Waals surface area contributed by atoms with E-state index < -0.39 is 5.60 Å². The number of nitriles is 1. The molecule has 0 N–H and O–H groups in total. The molecular formula is C20H27N5O3. The van der Waals surface area contributed by atoms with Gasteiger partial charge in [-0.25, -0.2) is 9.79 Å². The van der Waals surface area contributed by atoms with Gasteiger partial charge in [-0.15, -0.1) is 0 Å². The second kappa shape index (κ2) is 7.58. The molecule has 1 aromatic carbocycles. The smallest absolute Gasteiger partial charge is 0.410 e. The number of nitrogens with zero attached hydrogens (tertiary/aromatic N) is 5. The minimum absolute atomic E-state index is 0.115. The fourth-order valence-electron chi connectivity index (χ4n) is 3.26. The van der Waals surface area contributed by atoms with Crippen molar-refractivity contribution >= 4 is 23.8 Å². The summed E-state index contributed by atoms with van der Waals surface area (Å²) in [5.41, 5.74) is 1.39. The molecule has 1 fully saturated rings. The highest BCUT2D eigenvalue weighted by Crippen LogP contribution is 2.38. The zero-order valence-electron chi connectivity index (χ0n) is 17.1. The second-order valence-electron chi connectivity index (χ2n) is 8.24. The summed E-state index contributed by atoms with van der Waals surface area (Å²) in [5, 5.41) is 9.54. The van der Waals surface area contributed by atoms with Crippen LogP contribution in [0.5, 0.6) is 5.75 Å². The lowest BCUT2D eigenvalue weighted by molar-refractivity contribution is 0.00975. The van der Waals surface area contributed by atoms with Gasteiger partial charge < -0.3 is 19.3 Å². The van der Waals surface area contributed by atoms with Gasteiger partial charge in [-0.1, -0.05) is 0 Å². The molecule has 2 aliphatic rings. The van der Waals surface area contributed by atoms with E-state index in [1.165, 1.54) is 0 Å². The Balaban J connectivity index is 1.86. The van der Waals surface area contributed by atoms with Gasteiger partial charge in [0.15, 0.2) is 0 Å². The number of amides is 1. The fraction of sp³-hybridized carbons (Fsp3) is 0.550. The van der Waals surface area contributed by atoms with Crippen molar-refractivity contribution in [2.75, 3.05) is 45.2 Å². The quantitative estimate of drug-likeness (QED) is 0.575. The number of hydrogen-bond donors (Lipinski definition) is 0. The first-order chi connectivity index (χ1) is 13.2. The van der Waals surface area contributed by atoms with Crippen molar-refractivity contribution in [3.63, 3.8) is 0 Å². The minimum Gasteiger partial charge on any atom is -0.489 e. The molecule has 1 aromatic rings. The van der Waals surface area contributed by atoms with Crippen molar-refractivity contribution < 1.29 is 14.3 Å². The second-order valence-corrected chi connectivity index (χ2v) is 8.24. The van der Waals surface area contributed by atoms with Gasteiger partial charge in [-0.05, 0) is 26.8 Å². The van der Waals surface area contributed by atoms with Crippen LogP contribution in [-0.4, -0.2) is 74.2 Å². The largest absolute Gasteiger partial charge is 0.489 e. The average Bonchev–Trinajstić information content (AvgIpc) is 2.74. The third-order valence-corrected chi connectivity index (χ3v) is 4.51. The number of rotatable bonds is 2. The molecule has 0 spiro atoms. The SMILES string of the molecule is CN(C)/C=N\c1cc2c(cc1C#N)N1CCN(C(=O)OC(C)(C)C)[C@H](CO2)C1. The van der Waals surface area contributed by atoms with Gasteiger partial charge in [-0.2, -0.15) is 5.26 Å². The molecule has 2 aliphatic heterocycles. The predicted molar refractivity (Wildman–Crippen MR) is 107 cm³/mol. The van der Waals surface area contributed by atoms with Crippen LogP contribution in [0, 0.1) is 11.3 Å². The molecule has 0 unspecified atom stereocenters. The molecule has 28 heavy (non-hydrogen) atoms. The molecule has 0 aliphatic carbocycles. The summed E-state index contributed by atoms with van der Waals surface area (Å²) in [4.78, 5) is 22.7. The van der Waals surface area contributed by atoms with E-state index in [2.05, 4.69) is 16.0 Å². The monoisotopic (exact) mass is 385 g/mol. The van der Waals surface area contributed by atoms with Crippen molar-refractivity contribution in [2.45, 2.75) is 32.4 Å². The maximum absolute atomic E-state index is 12.6. The number of piperazine rings is 1. The number of anilines is 1. The zero-order valence-corrected chi connectivity index (χ0v) is 17.1. The summed E-state index contributed by atoms with van der Waals surface area (Å²) in [6.45, 7) is 7.78. The Morgan fingerprint density at radius 1 is 1.39 bits per heavy atom. The number of benzene rings is 1. The van der Waals surface area contributed by atoms with E-state index >= 15 is 0 Å². The number of aliphatic imine (C=N–C) groups is 1. The van der Waals surface area contributed by atoms with Crippen LogP contribution in [0.25, 0.3) is 0 Å². The summed E-state index contributed by atoms with van der Waals surface area (Å²) in [5.74, 6) is 0.679. The number of carbonyl (C=O) groups excluding carboxylic acids is 1. The predicted octanol–water partition coefficient (Wildman–Crippen LogP) is 2.60. The van der Waals surface area contributed by atoms with Crippen LogP contribution in [0.4, 0.5) is 16.2 Å². The topological polar surface area (TPSA) is 81.4 Å². The third-order valence-electron chi connectivity index (χ3n) is 4.51. The lowest BCUT2D eigenvalue weighted by Crippen LogP contribution is -2.57. The molecule has 2 heterocycles. The number of hydrogen-bond acceptors (Lipinski definition) is 6. The van der Waals surface area contributed by atoms with Gasteiger partial charge >= 0.3 is 6.09 Å². The molecule has 8 nitrogen and oxygen atoms in total. The zero-order chi connectivity index (χ0) is 20.5. The van der Waals surface area contributed by atoms with E-state index in [1.54, 1.807) is 17.3 Å². The Morgan fingerprint density at radius 2 is 2.14 bits per heavy atom. The summed E-state index contributed by atoms with van der Waals surface area (Å²) in [6.07, 6.45) is 1.34. The van der Waals surface area contributed by atoms with Crippen LogP contribution in [0.2, 0.25) is 0 Å². The highest BCUT2D eigenvalue weighted by molar-refractivity contribution is 5.74. The normalized spacial score (nSPS) is 18.8. The van der Waals surface area contributed by atoms with Crippen LogP contribution in [0.15, 0.2) is 17.1 Å². The molecule has 0 aromatic heterocycles. The third kappa shape index (κ3) is 4.30. The van der Waals surface area contributed by atoms with E-state index in [0.29, 0.717) is 43.2 Å². The Bertz CT molecular complexity index is 822. The average molecular weight is 385 g/mol. The molecule has 1 saturated heterocycles. The molecule has 3 rings (SSSR count). The maximum Gasteiger partial charge on any atom is 0.410 e. The van der Waals surface area contributed by atoms with Crippen molar-refractivity contribution in [1.29, 1.82) is 5.26 Å². The molecule has 0 saturated carbocycles. The van der Waals surface area contributed by atoms with Crippen molar-refractivity contribution in [1.82, 2.24) is 9.80 Å². The summed E-state index contributed by atoms with van der Waals surface area (Å²) >= 11 is 0. The van der Waals surface area contributed by atoms with Gasteiger partial charge in [0.2, 0.25) is 0 Å². The van der Waals surface area contributed by atoms with Gasteiger partial charge in [0.25, 0.3) is 0 Å². The van der Waals surface area contributed by atoms with Crippen LogP contribution in [0.3, 0.4) is 0 Å². The van der Waals surface area contributed by atoms with Gasteiger partial charge in [0.1, 0.15) is 24.0 Å². The Kier molecular flexibility index (Phi) is 5.36. The van der Waals surface area contributed by atoms with Gasteiger partial charge in [0.05, 0.1) is 29.3 Å². The Hall–Kier alpha value is -2.95. The molecule has 1 atom stereocenters. The van der Waals surface area contributed by atoms with Crippen molar-refractivity contribution in [2.24, 2.45) is 4.99 Å². The first kappa shape index (κ1) is 19.8. The lowest BCUT2D eigenvalue weighted by Gasteiger charge is -2.40. The van der Waals surface area contributed by atoms with Crippen LogP contribution in [-0.2, 0) is 4.74 Å². The number of ether oxygens (including phenoxy) is 2. The van der Waals surface area contributed by atoms with E-state index in [9.17, 15) is 10.1 Å². The highest BCUT2D eigenvalue weighted by Gasteiger charge is 2.37. The van der Waals surface area contributed by atoms with E-state index in [4.69, 9.17) is 9.47 Å². The standard InChI is InChI=1S/C20H27N5O3/c1-20(2,3)28-19(26)25-7-6-24-11-15(25)12-27-18-9-16(22-13-23(4)5)14(10-21)8-17(18)24/h8-9,13,15H,6-7,11-12H2,1-5H3/b22-13-/t15-/m0/s1. The lowest BCUT2D eigenvalue weighted by atomic mass is 10.1. The summed E-state index contributed by atoms with van der Waals surface area (Å²) in [6, 6.07) is 5.72. The maximum atomic E-state index is 12.6. The van der Waals surface area contributed by atoms with Gasteiger partial charge in [-0.3, -0.25) is 4.90 Å². The molecule has 0 radical (unpaired) electrons. The summed E-state index contributed by atoms with van der Waals surface area (Å²) < 4.78 is 11.6. The van der Waals surface area contributed by atoms with Crippen LogP contribution >= 0.6 is 0 Å². The molecule has 1 amide bonds. The Labute approximate surface area is 165 Å². The van der Waals surface area contributed by atoms with E-state index in [0.717, 1.165) is 5.69 Å².